The van der Waals surface area contributed by atoms with E-state index in [1.165, 1.54) is 54.3 Å². The first-order chi connectivity index (χ1) is 11.8. The molecule has 1 aromatic carbocycles. The molecule has 1 atom stereocenters. The normalized spacial score (nSPS) is 21.0. The number of nitrogens with zero attached hydrogens (tertiary/aromatic N) is 2. The van der Waals surface area contributed by atoms with E-state index >= 15 is 0 Å². The molecule has 0 bridgehead atoms. The molecule has 0 unspecified atom stereocenters. The zero-order valence-electron chi connectivity index (χ0n) is 14.3. The van der Waals surface area contributed by atoms with Crippen LogP contribution in [0.1, 0.15) is 47.7 Å². The number of furan rings is 1. The van der Waals surface area contributed by atoms with Gasteiger partial charge in [0.15, 0.2) is 0 Å². The molecule has 124 valence electrons. The molecular weight excluding hydrogens is 296 g/mol. The van der Waals surface area contributed by atoms with Crippen molar-refractivity contribution < 1.29 is 4.42 Å². The number of benzene rings is 1. The van der Waals surface area contributed by atoms with Crippen molar-refractivity contribution in [3.05, 3.63) is 59.2 Å². The Hall–Kier alpha value is -2.00. The minimum absolute atomic E-state index is 0.554. The molecule has 0 saturated heterocycles. The molecule has 1 aliphatic carbocycles. The average molecular weight is 320 g/mol. The van der Waals surface area contributed by atoms with Crippen LogP contribution in [0.3, 0.4) is 0 Å². The molecule has 1 aliphatic heterocycles. The highest BCUT2D eigenvalue weighted by atomic mass is 16.3. The van der Waals surface area contributed by atoms with Gasteiger partial charge in [0.2, 0.25) is 0 Å². The van der Waals surface area contributed by atoms with Gasteiger partial charge in [-0.1, -0.05) is 11.6 Å². The molecule has 0 fully saturated rings. The summed E-state index contributed by atoms with van der Waals surface area (Å²) in [5, 5.41) is 1.50. The SMILES string of the molecule is Cc1ccc2c(c1)c1c3n2CCCN(Cc2ccoc2)[C@H]3CCC1. The molecule has 0 amide bonds. The van der Waals surface area contributed by atoms with Gasteiger partial charge in [-0.2, -0.15) is 0 Å². The Kier molecular flexibility index (Phi) is 3.30. The van der Waals surface area contributed by atoms with Crippen LogP contribution in [-0.2, 0) is 19.5 Å². The summed E-state index contributed by atoms with van der Waals surface area (Å²) < 4.78 is 7.92. The number of aromatic nitrogens is 1. The quantitative estimate of drug-likeness (QED) is 0.674. The first-order valence-corrected chi connectivity index (χ1v) is 9.18. The number of hydrogen-bond acceptors (Lipinski definition) is 2. The van der Waals surface area contributed by atoms with E-state index in [1.54, 1.807) is 17.5 Å². The minimum atomic E-state index is 0.554. The van der Waals surface area contributed by atoms with E-state index in [2.05, 4.69) is 40.7 Å². The Bertz CT molecular complexity index is 871. The van der Waals surface area contributed by atoms with Gasteiger partial charge in [-0.05, 0) is 56.4 Å². The maximum absolute atomic E-state index is 5.29. The average Bonchev–Trinajstić information content (AvgIpc) is 3.15. The third-order valence-electron chi connectivity index (χ3n) is 5.82. The predicted molar refractivity (Wildman–Crippen MR) is 96.1 cm³/mol. The van der Waals surface area contributed by atoms with E-state index in [0.29, 0.717) is 6.04 Å². The Balaban J connectivity index is 1.64. The van der Waals surface area contributed by atoms with Crippen LogP contribution >= 0.6 is 0 Å². The number of aryl methyl sites for hydroxylation is 3. The zero-order valence-corrected chi connectivity index (χ0v) is 14.3. The standard InChI is InChI=1S/C21H24N2O/c1-15-6-7-19-18(12-15)17-4-2-5-20-21(17)23(19)10-3-9-22(20)13-16-8-11-24-14-16/h6-8,11-12,14,20H,2-5,9-10,13H2,1H3/t20-/m0/s1. The fourth-order valence-electron chi connectivity index (χ4n) is 4.80. The van der Waals surface area contributed by atoms with Crippen LogP contribution in [-0.4, -0.2) is 16.0 Å². The molecule has 2 aliphatic rings. The first-order valence-electron chi connectivity index (χ1n) is 9.18. The lowest BCUT2D eigenvalue weighted by atomic mass is 9.90. The highest BCUT2D eigenvalue weighted by Gasteiger charge is 2.33. The lowest BCUT2D eigenvalue weighted by Crippen LogP contribution is -2.30. The molecule has 0 radical (unpaired) electrons. The molecule has 0 N–H and O–H groups in total. The van der Waals surface area contributed by atoms with Crippen molar-refractivity contribution in [2.24, 2.45) is 0 Å². The van der Waals surface area contributed by atoms with Gasteiger partial charge in [0.25, 0.3) is 0 Å². The summed E-state index contributed by atoms with van der Waals surface area (Å²) in [5.41, 5.74) is 7.33. The molecule has 5 rings (SSSR count). The summed E-state index contributed by atoms with van der Waals surface area (Å²) in [6.45, 7) is 5.53. The Morgan fingerprint density at radius 3 is 3.00 bits per heavy atom. The fraction of sp³-hybridized carbons (Fsp3) is 0.429. The predicted octanol–water partition coefficient (Wildman–Crippen LogP) is 4.83. The summed E-state index contributed by atoms with van der Waals surface area (Å²) in [6, 6.07) is 9.66. The second-order valence-electron chi connectivity index (χ2n) is 7.40. The molecular formula is C21H24N2O. The van der Waals surface area contributed by atoms with Gasteiger partial charge >= 0.3 is 0 Å². The van der Waals surface area contributed by atoms with Crippen LogP contribution < -0.4 is 0 Å². The van der Waals surface area contributed by atoms with Gasteiger partial charge in [-0.3, -0.25) is 4.90 Å². The van der Waals surface area contributed by atoms with E-state index in [-0.39, 0.29) is 0 Å². The van der Waals surface area contributed by atoms with Crippen LogP contribution in [0, 0.1) is 6.92 Å². The number of hydrogen-bond donors (Lipinski definition) is 0. The summed E-state index contributed by atoms with van der Waals surface area (Å²) in [7, 11) is 0. The maximum Gasteiger partial charge on any atom is 0.0947 e. The minimum Gasteiger partial charge on any atom is -0.472 e. The van der Waals surface area contributed by atoms with Crippen LogP contribution in [0.2, 0.25) is 0 Å². The van der Waals surface area contributed by atoms with Crippen molar-refractivity contribution in [2.75, 3.05) is 6.54 Å². The van der Waals surface area contributed by atoms with Gasteiger partial charge in [0, 0.05) is 41.8 Å². The molecule has 3 heteroatoms. The van der Waals surface area contributed by atoms with E-state index in [4.69, 9.17) is 4.42 Å². The van der Waals surface area contributed by atoms with Crippen molar-refractivity contribution in [3.63, 3.8) is 0 Å². The zero-order chi connectivity index (χ0) is 16.1. The second-order valence-corrected chi connectivity index (χ2v) is 7.40. The topological polar surface area (TPSA) is 21.3 Å². The molecule has 3 heterocycles. The van der Waals surface area contributed by atoms with Crippen LogP contribution in [0.15, 0.2) is 41.2 Å². The molecule has 3 nitrogen and oxygen atoms in total. The van der Waals surface area contributed by atoms with Crippen LogP contribution in [0.25, 0.3) is 10.9 Å². The van der Waals surface area contributed by atoms with Crippen molar-refractivity contribution in [1.82, 2.24) is 9.47 Å². The molecule has 0 saturated carbocycles. The van der Waals surface area contributed by atoms with Gasteiger partial charge in [0.05, 0.1) is 18.6 Å². The van der Waals surface area contributed by atoms with Crippen LogP contribution in [0.4, 0.5) is 0 Å². The Morgan fingerprint density at radius 1 is 1.17 bits per heavy atom. The highest BCUT2D eigenvalue weighted by molar-refractivity contribution is 5.86. The monoisotopic (exact) mass is 320 g/mol. The van der Waals surface area contributed by atoms with E-state index in [1.807, 2.05) is 6.26 Å². The van der Waals surface area contributed by atoms with Crippen molar-refractivity contribution in [1.29, 1.82) is 0 Å². The first kappa shape index (κ1) is 14.4. The third kappa shape index (κ3) is 2.15. The van der Waals surface area contributed by atoms with Crippen molar-refractivity contribution in [3.8, 4) is 0 Å². The lowest BCUT2D eigenvalue weighted by molar-refractivity contribution is 0.173. The number of rotatable bonds is 2. The molecule has 24 heavy (non-hydrogen) atoms. The smallest absolute Gasteiger partial charge is 0.0947 e. The van der Waals surface area contributed by atoms with Gasteiger partial charge in [-0.15, -0.1) is 0 Å². The van der Waals surface area contributed by atoms with Crippen molar-refractivity contribution in [2.45, 2.75) is 51.7 Å². The lowest BCUT2D eigenvalue weighted by Gasteiger charge is -2.33. The molecule has 2 aromatic heterocycles. The fourth-order valence-corrected chi connectivity index (χ4v) is 4.80. The summed E-state index contributed by atoms with van der Waals surface area (Å²) in [6.07, 6.45) is 8.72. The second kappa shape index (κ2) is 5.52. The Morgan fingerprint density at radius 2 is 2.12 bits per heavy atom. The Labute approximate surface area is 142 Å². The van der Waals surface area contributed by atoms with Crippen LogP contribution in [0.5, 0.6) is 0 Å². The number of fused-ring (bicyclic) bond motifs is 3. The van der Waals surface area contributed by atoms with Gasteiger partial charge in [-0.25, -0.2) is 0 Å². The van der Waals surface area contributed by atoms with E-state index in [9.17, 15) is 0 Å². The third-order valence-corrected chi connectivity index (χ3v) is 5.82. The van der Waals surface area contributed by atoms with Crippen molar-refractivity contribution >= 4 is 10.9 Å². The highest BCUT2D eigenvalue weighted by Crippen LogP contribution is 2.42. The van der Waals surface area contributed by atoms with Gasteiger partial charge in [0.1, 0.15) is 0 Å². The molecule has 3 aromatic rings. The summed E-state index contributed by atoms with van der Waals surface area (Å²) in [5.74, 6) is 0. The largest absolute Gasteiger partial charge is 0.472 e. The van der Waals surface area contributed by atoms with Gasteiger partial charge < -0.3 is 8.98 Å². The summed E-state index contributed by atoms with van der Waals surface area (Å²) >= 11 is 0. The summed E-state index contributed by atoms with van der Waals surface area (Å²) in [4.78, 5) is 2.68. The van der Waals surface area contributed by atoms with E-state index < -0.39 is 0 Å². The van der Waals surface area contributed by atoms with E-state index in [0.717, 1.165) is 13.1 Å². The maximum atomic E-state index is 5.29. The molecule has 0 spiro atoms.